The van der Waals surface area contributed by atoms with Crippen LogP contribution in [0.2, 0.25) is 0 Å². The summed E-state index contributed by atoms with van der Waals surface area (Å²) >= 11 is 1.50. The summed E-state index contributed by atoms with van der Waals surface area (Å²) in [6.07, 6.45) is 0. The number of esters is 1. The molecule has 0 amide bonds. The Morgan fingerprint density at radius 3 is 2.73 bits per heavy atom. The number of carbonyl (C=O) groups is 1. The zero-order chi connectivity index (χ0) is 18.5. The van der Waals surface area contributed by atoms with Crippen molar-refractivity contribution in [2.75, 3.05) is 14.2 Å². The number of hydrogen-bond donors (Lipinski definition) is 0. The maximum atomic E-state index is 12.4. The monoisotopic (exact) mass is 369 g/mol. The summed E-state index contributed by atoms with van der Waals surface area (Å²) in [7, 11) is 3.16. The van der Waals surface area contributed by atoms with E-state index in [0.717, 1.165) is 21.9 Å². The van der Waals surface area contributed by atoms with Crippen LogP contribution in [0, 0.1) is 6.92 Å². The Labute approximate surface area is 156 Å². The molecule has 1 aromatic heterocycles. The Bertz CT molecular complexity index is 920. The molecule has 0 saturated heterocycles. The molecule has 0 radical (unpaired) electrons. The lowest BCUT2D eigenvalue weighted by Crippen LogP contribution is -2.07. The van der Waals surface area contributed by atoms with Gasteiger partial charge in [0.05, 0.1) is 19.9 Å². The fraction of sp³-hybridized carbons (Fsp3) is 0.200. The largest absolute Gasteiger partial charge is 0.497 e. The molecule has 134 valence electrons. The molecule has 0 aliphatic heterocycles. The van der Waals surface area contributed by atoms with Gasteiger partial charge in [-0.2, -0.15) is 0 Å². The minimum absolute atomic E-state index is 0.108. The number of hydrogen-bond acceptors (Lipinski definition) is 6. The maximum Gasteiger partial charge on any atom is 0.342 e. The van der Waals surface area contributed by atoms with E-state index in [2.05, 4.69) is 4.98 Å². The van der Waals surface area contributed by atoms with E-state index >= 15 is 0 Å². The maximum absolute atomic E-state index is 12.4. The van der Waals surface area contributed by atoms with Gasteiger partial charge in [0.25, 0.3) is 0 Å². The first-order valence-corrected chi connectivity index (χ1v) is 8.89. The third-order valence-electron chi connectivity index (χ3n) is 3.79. The van der Waals surface area contributed by atoms with Crippen molar-refractivity contribution in [3.8, 4) is 22.1 Å². The highest BCUT2D eigenvalue weighted by molar-refractivity contribution is 7.13. The summed E-state index contributed by atoms with van der Waals surface area (Å²) < 4.78 is 15.9. The molecule has 0 aliphatic rings. The van der Waals surface area contributed by atoms with Gasteiger partial charge >= 0.3 is 5.97 Å². The van der Waals surface area contributed by atoms with Gasteiger partial charge < -0.3 is 14.2 Å². The molecular weight excluding hydrogens is 350 g/mol. The van der Waals surface area contributed by atoms with Gasteiger partial charge in [0.15, 0.2) is 0 Å². The number of rotatable bonds is 6. The number of ether oxygens (including phenoxy) is 3. The van der Waals surface area contributed by atoms with Crippen LogP contribution in [-0.4, -0.2) is 25.2 Å². The fourth-order valence-corrected chi connectivity index (χ4v) is 3.26. The van der Waals surface area contributed by atoms with Crippen LogP contribution in [0.25, 0.3) is 10.6 Å². The molecule has 5 nitrogen and oxygen atoms in total. The highest BCUT2D eigenvalue weighted by atomic mass is 32.1. The second-order valence-corrected chi connectivity index (χ2v) is 6.51. The normalized spacial score (nSPS) is 10.4. The van der Waals surface area contributed by atoms with Crippen molar-refractivity contribution < 1.29 is 19.0 Å². The number of nitrogens with zero attached hydrogens (tertiary/aromatic N) is 1. The number of aryl methyl sites for hydroxylation is 1. The van der Waals surface area contributed by atoms with Gasteiger partial charge in [0.1, 0.15) is 28.7 Å². The van der Waals surface area contributed by atoms with Crippen LogP contribution in [0.4, 0.5) is 0 Å². The average Bonchev–Trinajstić information content (AvgIpc) is 3.15. The number of benzene rings is 2. The van der Waals surface area contributed by atoms with Crippen molar-refractivity contribution in [1.82, 2.24) is 4.98 Å². The van der Waals surface area contributed by atoms with Crippen LogP contribution in [0.1, 0.15) is 21.6 Å². The molecule has 2 aromatic carbocycles. The number of carbonyl (C=O) groups excluding carboxylic acids is 1. The zero-order valence-corrected chi connectivity index (χ0v) is 15.6. The molecule has 0 aliphatic carbocycles. The van der Waals surface area contributed by atoms with Crippen molar-refractivity contribution in [2.24, 2.45) is 0 Å². The molecule has 0 saturated carbocycles. The second kappa shape index (κ2) is 8.01. The lowest BCUT2D eigenvalue weighted by Gasteiger charge is -2.08. The highest BCUT2D eigenvalue weighted by Crippen LogP contribution is 2.27. The van der Waals surface area contributed by atoms with Crippen LogP contribution >= 0.6 is 11.3 Å². The smallest absolute Gasteiger partial charge is 0.342 e. The van der Waals surface area contributed by atoms with Crippen LogP contribution in [0.15, 0.2) is 47.8 Å². The molecule has 0 N–H and O–H groups in total. The minimum Gasteiger partial charge on any atom is -0.497 e. The zero-order valence-electron chi connectivity index (χ0n) is 14.8. The topological polar surface area (TPSA) is 57.7 Å². The Morgan fingerprint density at radius 2 is 1.96 bits per heavy atom. The fourth-order valence-electron chi connectivity index (χ4n) is 2.46. The summed E-state index contributed by atoms with van der Waals surface area (Å²) in [5.74, 6) is 0.842. The summed E-state index contributed by atoms with van der Waals surface area (Å²) in [5.41, 5.74) is 3.04. The quantitative estimate of drug-likeness (QED) is 0.599. The molecule has 26 heavy (non-hydrogen) atoms. The third kappa shape index (κ3) is 4.03. The molecule has 1 heterocycles. The Balaban J connectivity index is 1.70. The molecule has 0 unspecified atom stereocenters. The summed E-state index contributed by atoms with van der Waals surface area (Å²) in [5, 5.41) is 2.73. The first-order chi connectivity index (χ1) is 12.6. The first kappa shape index (κ1) is 17.9. The van der Waals surface area contributed by atoms with Crippen LogP contribution < -0.4 is 9.47 Å². The summed E-state index contributed by atoms with van der Waals surface area (Å²) in [4.78, 5) is 16.9. The lowest BCUT2D eigenvalue weighted by atomic mass is 10.1. The molecule has 0 spiro atoms. The van der Waals surface area contributed by atoms with E-state index in [1.54, 1.807) is 19.2 Å². The minimum atomic E-state index is -0.429. The molecule has 3 rings (SSSR count). The SMILES string of the molecule is COc1cccc(-c2nc(COC(=O)c3cc(C)ccc3OC)cs2)c1. The van der Waals surface area contributed by atoms with Gasteiger partial charge in [-0.15, -0.1) is 11.3 Å². The van der Waals surface area contributed by atoms with Gasteiger partial charge in [0, 0.05) is 10.9 Å². The predicted octanol–water partition coefficient (Wildman–Crippen LogP) is 4.49. The summed E-state index contributed by atoms with van der Waals surface area (Å²) in [6.45, 7) is 2.02. The van der Waals surface area contributed by atoms with E-state index in [4.69, 9.17) is 14.2 Å². The van der Waals surface area contributed by atoms with E-state index in [1.807, 2.05) is 42.6 Å². The van der Waals surface area contributed by atoms with Gasteiger partial charge in [0.2, 0.25) is 0 Å². The molecule has 6 heteroatoms. The average molecular weight is 369 g/mol. The highest BCUT2D eigenvalue weighted by Gasteiger charge is 2.15. The molecule has 0 atom stereocenters. The van der Waals surface area contributed by atoms with Gasteiger partial charge in [-0.3, -0.25) is 0 Å². The standard InChI is InChI=1S/C20H19NO4S/c1-13-7-8-18(24-3)17(9-13)20(22)25-11-15-12-26-19(21-15)14-5-4-6-16(10-14)23-2/h4-10,12H,11H2,1-3H3. The van der Waals surface area contributed by atoms with Crippen molar-refractivity contribution in [3.63, 3.8) is 0 Å². The predicted molar refractivity (Wildman–Crippen MR) is 101 cm³/mol. The second-order valence-electron chi connectivity index (χ2n) is 5.66. The number of thiazole rings is 1. The van der Waals surface area contributed by atoms with Crippen molar-refractivity contribution in [1.29, 1.82) is 0 Å². The Hall–Kier alpha value is -2.86. The molecule has 3 aromatic rings. The van der Waals surface area contributed by atoms with Crippen molar-refractivity contribution in [2.45, 2.75) is 13.5 Å². The molecular formula is C20H19NO4S. The Morgan fingerprint density at radius 1 is 1.12 bits per heavy atom. The molecule has 0 bridgehead atoms. The van der Waals surface area contributed by atoms with E-state index < -0.39 is 5.97 Å². The van der Waals surface area contributed by atoms with E-state index in [-0.39, 0.29) is 6.61 Å². The van der Waals surface area contributed by atoms with Crippen LogP contribution in [0.5, 0.6) is 11.5 Å². The van der Waals surface area contributed by atoms with Gasteiger partial charge in [-0.05, 0) is 31.2 Å². The van der Waals surface area contributed by atoms with E-state index in [1.165, 1.54) is 18.4 Å². The van der Waals surface area contributed by atoms with Gasteiger partial charge in [-0.25, -0.2) is 9.78 Å². The van der Waals surface area contributed by atoms with Gasteiger partial charge in [-0.1, -0.05) is 23.8 Å². The van der Waals surface area contributed by atoms with E-state index in [9.17, 15) is 4.79 Å². The third-order valence-corrected chi connectivity index (χ3v) is 4.73. The van der Waals surface area contributed by atoms with E-state index in [0.29, 0.717) is 17.0 Å². The van der Waals surface area contributed by atoms with Crippen LogP contribution in [-0.2, 0) is 11.3 Å². The van der Waals surface area contributed by atoms with Crippen molar-refractivity contribution in [3.05, 3.63) is 64.7 Å². The van der Waals surface area contributed by atoms with Crippen molar-refractivity contribution >= 4 is 17.3 Å². The first-order valence-electron chi connectivity index (χ1n) is 8.01. The number of aromatic nitrogens is 1. The van der Waals surface area contributed by atoms with Crippen LogP contribution in [0.3, 0.4) is 0 Å². The Kier molecular flexibility index (Phi) is 5.53. The molecule has 0 fully saturated rings. The number of methoxy groups -OCH3 is 2. The lowest BCUT2D eigenvalue weighted by molar-refractivity contribution is 0.0464. The summed E-state index contributed by atoms with van der Waals surface area (Å²) in [6, 6.07) is 13.1.